The number of aryl methyl sites for hydroxylation is 1. The number of nitrogens with one attached hydrogen (secondary N) is 1. The van der Waals surface area contributed by atoms with Crippen molar-refractivity contribution in [3.8, 4) is 0 Å². The minimum atomic E-state index is 0.542. The molecule has 0 saturated carbocycles. The summed E-state index contributed by atoms with van der Waals surface area (Å²) in [6.07, 6.45) is 1.21. The molecule has 1 rings (SSSR count). The summed E-state index contributed by atoms with van der Waals surface area (Å²) in [7, 11) is 4.21. The summed E-state index contributed by atoms with van der Waals surface area (Å²) < 4.78 is 0. The first-order valence-corrected chi connectivity index (χ1v) is 6.38. The van der Waals surface area contributed by atoms with Crippen LogP contribution in [-0.4, -0.2) is 32.1 Å². The van der Waals surface area contributed by atoms with Crippen molar-refractivity contribution in [2.75, 3.05) is 27.2 Å². The van der Waals surface area contributed by atoms with E-state index in [-0.39, 0.29) is 0 Å². The maximum atomic E-state index is 3.18. The first-order valence-electron chi connectivity index (χ1n) is 5.56. The van der Waals surface area contributed by atoms with Crippen molar-refractivity contribution < 1.29 is 0 Å². The molecular formula is C12H22N2S. The van der Waals surface area contributed by atoms with E-state index in [1.807, 2.05) is 18.4 Å². The fraction of sp³-hybridized carbons (Fsp3) is 0.667. The summed E-state index contributed by atoms with van der Waals surface area (Å²) in [5.41, 5.74) is 0. The normalized spacial score (nSPS) is 13.4. The Morgan fingerprint density at radius 2 is 2.20 bits per heavy atom. The molecule has 2 nitrogen and oxygen atoms in total. The molecule has 1 aromatic heterocycles. The zero-order chi connectivity index (χ0) is 11.3. The fourth-order valence-corrected chi connectivity index (χ4v) is 2.59. The van der Waals surface area contributed by atoms with Crippen LogP contribution in [0.3, 0.4) is 0 Å². The van der Waals surface area contributed by atoms with Gasteiger partial charge in [-0.2, -0.15) is 0 Å². The minimum Gasteiger partial charge on any atom is -0.320 e. The zero-order valence-corrected chi connectivity index (χ0v) is 11.0. The molecule has 0 amide bonds. The van der Waals surface area contributed by atoms with Crippen molar-refractivity contribution in [3.63, 3.8) is 0 Å². The molecule has 0 spiro atoms. The Balaban J connectivity index is 2.42. The number of rotatable bonds is 6. The summed E-state index contributed by atoms with van der Waals surface area (Å²) in [4.78, 5) is 5.29. The molecule has 1 heterocycles. The highest BCUT2D eigenvalue weighted by Gasteiger charge is 2.12. The lowest BCUT2D eigenvalue weighted by molar-refractivity contribution is 0.261. The Morgan fingerprint density at radius 3 is 2.73 bits per heavy atom. The molecule has 0 fully saturated rings. The van der Waals surface area contributed by atoms with Crippen molar-refractivity contribution in [1.29, 1.82) is 0 Å². The summed E-state index contributed by atoms with van der Waals surface area (Å²) in [5, 5.41) is 3.18. The molecule has 1 atom stereocenters. The Labute approximate surface area is 97.3 Å². The molecule has 0 aliphatic rings. The molecule has 0 aliphatic carbocycles. The second-order valence-electron chi connectivity index (χ2n) is 4.06. The fourth-order valence-electron chi connectivity index (χ4n) is 1.59. The Kier molecular flexibility index (Phi) is 5.29. The standard InChI is InChI=1S/C12H22N2S/c1-10-6-7-12(15-10)11(2)14(4)9-5-8-13-3/h6-7,11,13H,5,8-9H2,1-4H3. The molecule has 0 aromatic carbocycles. The van der Waals surface area contributed by atoms with Gasteiger partial charge in [-0.15, -0.1) is 11.3 Å². The number of hydrogen-bond acceptors (Lipinski definition) is 3. The van der Waals surface area contributed by atoms with Crippen LogP contribution in [-0.2, 0) is 0 Å². The van der Waals surface area contributed by atoms with Crippen LogP contribution in [0.1, 0.15) is 29.1 Å². The average Bonchev–Trinajstić information content (AvgIpc) is 2.64. The van der Waals surface area contributed by atoms with Gasteiger partial charge >= 0.3 is 0 Å². The molecule has 0 bridgehead atoms. The van der Waals surface area contributed by atoms with Gasteiger partial charge in [-0.3, -0.25) is 4.90 Å². The van der Waals surface area contributed by atoms with Gasteiger partial charge in [0.15, 0.2) is 0 Å². The highest BCUT2D eigenvalue weighted by Crippen LogP contribution is 2.26. The van der Waals surface area contributed by atoms with E-state index in [0.29, 0.717) is 6.04 Å². The maximum absolute atomic E-state index is 3.18. The predicted molar refractivity (Wildman–Crippen MR) is 68.6 cm³/mol. The molecule has 0 aliphatic heterocycles. The SMILES string of the molecule is CNCCCN(C)C(C)c1ccc(C)s1. The molecule has 0 saturated heterocycles. The lowest BCUT2D eigenvalue weighted by atomic mass is 10.2. The van der Waals surface area contributed by atoms with Crippen LogP contribution in [0.4, 0.5) is 0 Å². The monoisotopic (exact) mass is 226 g/mol. The van der Waals surface area contributed by atoms with Gasteiger partial charge in [0.25, 0.3) is 0 Å². The van der Waals surface area contributed by atoms with Crippen molar-refractivity contribution in [1.82, 2.24) is 10.2 Å². The molecular weight excluding hydrogens is 204 g/mol. The second-order valence-corrected chi connectivity index (χ2v) is 5.38. The zero-order valence-electron chi connectivity index (χ0n) is 10.2. The third-order valence-corrected chi connectivity index (χ3v) is 3.94. The van der Waals surface area contributed by atoms with E-state index in [1.54, 1.807) is 0 Å². The molecule has 15 heavy (non-hydrogen) atoms. The highest BCUT2D eigenvalue weighted by molar-refractivity contribution is 7.12. The van der Waals surface area contributed by atoms with E-state index in [0.717, 1.165) is 13.1 Å². The highest BCUT2D eigenvalue weighted by atomic mass is 32.1. The van der Waals surface area contributed by atoms with Crippen LogP contribution in [0, 0.1) is 6.92 Å². The topological polar surface area (TPSA) is 15.3 Å². The first-order chi connectivity index (χ1) is 7.15. The van der Waals surface area contributed by atoms with Gasteiger partial charge < -0.3 is 5.32 Å². The smallest absolute Gasteiger partial charge is 0.0410 e. The second kappa shape index (κ2) is 6.26. The molecule has 86 valence electrons. The number of nitrogens with zero attached hydrogens (tertiary/aromatic N) is 1. The summed E-state index contributed by atoms with van der Waals surface area (Å²) in [6.45, 7) is 6.70. The molecule has 3 heteroatoms. The Morgan fingerprint density at radius 1 is 1.47 bits per heavy atom. The molecule has 0 radical (unpaired) electrons. The van der Waals surface area contributed by atoms with E-state index in [2.05, 4.69) is 43.2 Å². The van der Waals surface area contributed by atoms with Crippen LogP contribution in [0.5, 0.6) is 0 Å². The third kappa shape index (κ3) is 3.93. The van der Waals surface area contributed by atoms with E-state index < -0.39 is 0 Å². The largest absolute Gasteiger partial charge is 0.320 e. The van der Waals surface area contributed by atoms with Crippen LogP contribution >= 0.6 is 11.3 Å². The van der Waals surface area contributed by atoms with Crippen LogP contribution in [0.15, 0.2) is 12.1 Å². The quantitative estimate of drug-likeness (QED) is 0.750. The van der Waals surface area contributed by atoms with E-state index >= 15 is 0 Å². The summed E-state index contributed by atoms with van der Waals surface area (Å²) >= 11 is 1.91. The van der Waals surface area contributed by atoms with Gasteiger partial charge in [0, 0.05) is 15.8 Å². The molecule has 1 unspecified atom stereocenters. The van der Waals surface area contributed by atoms with Crippen molar-refractivity contribution in [3.05, 3.63) is 21.9 Å². The van der Waals surface area contributed by atoms with Crippen molar-refractivity contribution in [2.45, 2.75) is 26.3 Å². The number of hydrogen-bond donors (Lipinski definition) is 1. The first kappa shape index (κ1) is 12.7. The summed E-state index contributed by atoms with van der Waals surface area (Å²) in [6, 6.07) is 5.00. The van der Waals surface area contributed by atoms with E-state index in [4.69, 9.17) is 0 Å². The summed E-state index contributed by atoms with van der Waals surface area (Å²) in [5.74, 6) is 0. The van der Waals surface area contributed by atoms with Gasteiger partial charge in [0.05, 0.1) is 0 Å². The van der Waals surface area contributed by atoms with Gasteiger partial charge in [0.1, 0.15) is 0 Å². The van der Waals surface area contributed by atoms with Crippen molar-refractivity contribution >= 4 is 11.3 Å². The Hall–Kier alpha value is -0.380. The van der Waals surface area contributed by atoms with Crippen LogP contribution < -0.4 is 5.32 Å². The lowest BCUT2D eigenvalue weighted by Crippen LogP contribution is -2.25. The van der Waals surface area contributed by atoms with Crippen LogP contribution in [0.2, 0.25) is 0 Å². The molecule has 1 N–H and O–H groups in total. The Bertz CT molecular complexity index is 283. The number of thiophene rings is 1. The minimum absolute atomic E-state index is 0.542. The van der Waals surface area contributed by atoms with Crippen molar-refractivity contribution in [2.24, 2.45) is 0 Å². The maximum Gasteiger partial charge on any atom is 0.0410 e. The molecule has 1 aromatic rings. The third-order valence-electron chi connectivity index (χ3n) is 2.77. The lowest BCUT2D eigenvalue weighted by Gasteiger charge is -2.23. The predicted octanol–water partition coefficient (Wildman–Crippen LogP) is 2.66. The van der Waals surface area contributed by atoms with Gasteiger partial charge in [-0.25, -0.2) is 0 Å². The van der Waals surface area contributed by atoms with Crippen LogP contribution in [0.25, 0.3) is 0 Å². The van der Waals surface area contributed by atoms with E-state index in [1.165, 1.54) is 16.2 Å². The van der Waals surface area contributed by atoms with Gasteiger partial charge in [0.2, 0.25) is 0 Å². The average molecular weight is 226 g/mol. The van der Waals surface area contributed by atoms with E-state index in [9.17, 15) is 0 Å². The van der Waals surface area contributed by atoms with Gasteiger partial charge in [-0.05, 0) is 59.6 Å². The van der Waals surface area contributed by atoms with Gasteiger partial charge in [-0.1, -0.05) is 0 Å².